The first-order chi connectivity index (χ1) is 14.9. The first-order valence-electron chi connectivity index (χ1n) is 9.69. The summed E-state index contributed by atoms with van der Waals surface area (Å²) < 4.78 is 64.8. The van der Waals surface area contributed by atoms with Crippen molar-refractivity contribution >= 4 is 5.97 Å². The van der Waals surface area contributed by atoms with E-state index in [4.69, 9.17) is 9.47 Å². The van der Waals surface area contributed by atoms with Crippen LogP contribution >= 0.6 is 0 Å². The van der Waals surface area contributed by atoms with E-state index in [0.717, 1.165) is 41.5 Å². The molecule has 0 amide bonds. The van der Waals surface area contributed by atoms with Crippen LogP contribution in [0.1, 0.15) is 27.0 Å². The Morgan fingerprint density at radius 2 is 1.39 bits per heavy atom. The third kappa shape index (κ3) is 4.77. The Labute approximate surface area is 176 Å². The maximum atomic E-state index is 13.5. The van der Waals surface area contributed by atoms with Crippen molar-refractivity contribution in [2.45, 2.75) is 31.7 Å². The van der Waals surface area contributed by atoms with Crippen LogP contribution in [-0.4, -0.2) is 18.2 Å². The highest BCUT2D eigenvalue weighted by Gasteiger charge is 2.32. The van der Waals surface area contributed by atoms with Crippen LogP contribution in [0.25, 0.3) is 0 Å². The fourth-order valence-corrected chi connectivity index (χ4v) is 3.60. The van der Waals surface area contributed by atoms with Gasteiger partial charge >= 0.3 is 5.97 Å². The van der Waals surface area contributed by atoms with Gasteiger partial charge in [-0.1, -0.05) is 30.3 Å². The lowest BCUT2D eigenvalue weighted by molar-refractivity contribution is -0.0628. The number of ether oxygens (including phenoxy) is 2. The largest absolute Gasteiger partial charge is 0.456 e. The quantitative estimate of drug-likeness (QED) is 0.415. The topological polar surface area (TPSA) is 35.5 Å². The molecule has 0 spiro atoms. The van der Waals surface area contributed by atoms with Crippen LogP contribution in [0.4, 0.5) is 17.6 Å². The molecule has 0 fully saturated rings. The van der Waals surface area contributed by atoms with Crippen molar-refractivity contribution < 1.29 is 31.8 Å². The summed E-state index contributed by atoms with van der Waals surface area (Å²) in [6.07, 6.45) is -0.443. The minimum absolute atomic E-state index is 0.0107. The van der Waals surface area contributed by atoms with E-state index in [0.29, 0.717) is 18.4 Å². The number of fused-ring (bicyclic) bond motifs is 1. The van der Waals surface area contributed by atoms with Gasteiger partial charge in [-0.05, 0) is 47.0 Å². The van der Waals surface area contributed by atoms with Gasteiger partial charge in [0.1, 0.15) is 6.10 Å². The SMILES string of the molecule is O=C(O[C@H]1Cc2ccccc2C[C@H]1OCc1ccc(F)c(F)c1)c1ccc(F)c(F)c1. The van der Waals surface area contributed by atoms with Crippen LogP contribution in [0.3, 0.4) is 0 Å². The van der Waals surface area contributed by atoms with Gasteiger partial charge in [0, 0.05) is 12.8 Å². The van der Waals surface area contributed by atoms with E-state index in [1.807, 2.05) is 24.3 Å². The van der Waals surface area contributed by atoms with Gasteiger partial charge in [-0.2, -0.15) is 0 Å². The van der Waals surface area contributed by atoms with Crippen molar-refractivity contribution in [1.82, 2.24) is 0 Å². The molecule has 7 heteroatoms. The van der Waals surface area contributed by atoms with Crippen LogP contribution < -0.4 is 0 Å². The zero-order valence-electron chi connectivity index (χ0n) is 16.3. The molecule has 3 aromatic rings. The number of carbonyl (C=O) groups is 1. The molecule has 0 saturated carbocycles. The predicted octanol–water partition coefficient (Wildman–Crippen LogP) is 5.15. The number of esters is 1. The fourth-order valence-electron chi connectivity index (χ4n) is 3.60. The maximum Gasteiger partial charge on any atom is 0.338 e. The normalized spacial score (nSPS) is 17.8. The summed E-state index contributed by atoms with van der Waals surface area (Å²) in [5, 5.41) is 0. The molecule has 160 valence electrons. The molecule has 0 heterocycles. The molecule has 4 rings (SSSR count). The van der Waals surface area contributed by atoms with E-state index >= 15 is 0 Å². The van der Waals surface area contributed by atoms with Crippen molar-refractivity contribution in [3.63, 3.8) is 0 Å². The molecule has 0 aromatic heterocycles. The number of hydrogen-bond acceptors (Lipinski definition) is 3. The molecule has 1 aliphatic rings. The third-order valence-corrected chi connectivity index (χ3v) is 5.24. The van der Waals surface area contributed by atoms with Crippen molar-refractivity contribution in [2.24, 2.45) is 0 Å². The number of halogens is 4. The zero-order chi connectivity index (χ0) is 22.0. The van der Waals surface area contributed by atoms with E-state index in [1.54, 1.807) is 0 Å². The summed E-state index contributed by atoms with van der Waals surface area (Å²) in [5.41, 5.74) is 2.33. The molecule has 0 saturated heterocycles. The monoisotopic (exact) mass is 430 g/mol. The van der Waals surface area contributed by atoms with Gasteiger partial charge in [0.15, 0.2) is 23.3 Å². The maximum absolute atomic E-state index is 13.5. The molecule has 1 aliphatic carbocycles. The van der Waals surface area contributed by atoms with Crippen LogP contribution in [0.2, 0.25) is 0 Å². The Morgan fingerprint density at radius 1 is 0.774 bits per heavy atom. The lowest BCUT2D eigenvalue weighted by atomic mass is 9.87. The Balaban J connectivity index is 1.52. The van der Waals surface area contributed by atoms with E-state index in [2.05, 4.69) is 0 Å². The first-order valence-corrected chi connectivity index (χ1v) is 9.69. The van der Waals surface area contributed by atoms with Gasteiger partial charge < -0.3 is 9.47 Å². The van der Waals surface area contributed by atoms with Crippen LogP contribution in [-0.2, 0) is 28.9 Å². The van der Waals surface area contributed by atoms with Crippen molar-refractivity contribution in [2.75, 3.05) is 0 Å². The molecule has 3 aromatic carbocycles. The summed E-state index contributed by atoms with van der Waals surface area (Å²) in [4.78, 5) is 12.5. The van der Waals surface area contributed by atoms with Crippen LogP contribution in [0.15, 0.2) is 60.7 Å². The Morgan fingerprint density at radius 3 is 2.03 bits per heavy atom. The molecule has 0 bridgehead atoms. The van der Waals surface area contributed by atoms with E-state index in [9.17, 15) is 22.4 Å². The molecule has 0 radical (unpaired) electrons. The first kappa shape index (κ1) is 21.1. The second-order valence-corrected chi connectivity index (χ2v) is 7.35. The summed E-state index contributed by atoms with van der Waals surface area (Å²) >= 11 is 0. The standard InChI is InChI=1S/C24H18F4O3/c25-18-7-5-14(9-20(18)27)13-30-22-11-15-3-1-2-4-16(15)12-23(22)31-24(29)17-6-8-19(26)21(28)10-17/h1-10,22-23H,11-13H2/t22-,23+/m1/s1. The molecule has 0 N–H and O–H groups in total. The molecule has 31 heavy (non-hydrogen) atoms. The van der Waals surface area contributed by atoms with Gasteiger partial charge in [-0.15, -0.1) is 0 Å². The average molecular weight is 430 g/mol. The summed E-state index contributed by atoms with van der Waals surface area (Å²) in [5.74, 6) is -4.93. The molecule has 3 nitrogen and oxygen atoms in total. The highest BCUT2D eigenvalue weighted by Crippen LogP contribution is 2.27. The van der Waals surface area contributed by atoms with E-state index in [-0.39, 0.29) is 12.2 Å². The fraction of sp³-hybridized carbons (Fsp3) is 0.208. The highest BCUT2D eigenvalue weighted by atomic mass is 19.2. The van der Waals surface area contributed by atoms with Crippen LogP contribution in [0.5, 0.6) is 0 Å². The Bertz CT molecular complexity index is 1120. The van der Waals surface area contributed by atoms with Crippen molar-refractivity contribution in [3.8, 4) is 0 Å². The van der Waals surface area contributed by atoms with Crippen LogP contribution in [0, 0.1) is 23.3 Å². The summed E-state index contributed by atoms with van der Waals surface area (Å²) in [7, 11) is 0. The minimum atomic E-state index is -1.14. The van der Waals surface area contributed by atoms with E-state index < -0.39 is 41.4 Å². The van der Waals surface area contributed by atoms with Gasteiger partial charge in [-0.3, -0.25) is 0 Å². The van der Waals surface area contributed by atoms with E-state index in [1.165, 1.54) is 6.07 Å². The predicted molar refractivity (Wildman–Crippen MR) is 104 cm³/mol. The lowest BCUT2D eigenvalue weighted by Crippen LogP contribution is -2.40. The van der Waals surface area contributed by atoms with Gasteiger partial charge in [0.05, 0.1) is 18.3 Å². The van der Waals surface area contributed by atoms with Crippen molar-refractivity contribution in [1.29, 1.82) is 0 Å². The molecule has 0 unspecified atom stereocenters. The summed E-state index contributed by atoms with van der Waals surface area (Å²) in [6.45, 7) is -0.0107. The van der Waals surface area contributed by atoms with Gasteiger partial charge in [0.25, 0.3) is 0 Å². The molecule has 2 atom stereocenters. The second-order valence-electron chi connectivity index (χ2n) is 7.35. The summed E-state index contributed by atoms with van der Waals surface area (Å²) in [6, 6.07) is 13.9. The van der Waals surface area contributed by atoms with Gasteiger partial charge in [-0.25, -0.2) is 22.4 Å². The average Bonchev–Trinajstić information content (AvgIpc) is 2.76. The lowest BCUT2D eigenvalue weighted by Gasteiger charge is -2.32. The molecular weight excluding hydrogens is 412 g/mol. The smallest absolute Gasteiger partial charge is 0.338 e. The molecule has 0 aliphatic heterocycles. The number of hydrogen-bond donors (Lipinski definition) is 0. The second kappa shape index (κ2) is 8.89. The minimum Gasteiger partial charge on any atom is -0.456 e. The van der Waals surface area contributed by atoms with Crippen molar-refractivity contribution in [3.05, 3.63) is 106 Å². The Kier molecular flexibility index (Phi) is 6.04. The number of benzene rings is 3. The third-order valence-electron chi connectivity index (χ3n) is 5.24. The molecular formula is C24H18F4O3. The number of rotatable bonds is 5. The number of carbonyl (C=O) groups excluding carboxylic acids is 1. The highest BCUT2D eigenvalue weighted by molar-refractivity contribution is 5.89. The zero-order valence-corrected chi connectivity index (χ0v) is 16.3. The van der Waals surface area contributed by atoms with Gasteiger partial charge in [0.2, 0.25) is 0 Å². The Hall–Kier alpha value is -3.19.